The Hall–Kier alpha value is -2.95. The van der Waals surface area contributed by atoms with Crippen molar-refractivity contribution in [3.63, 3.8) is 0 Å². The molecule has 0 fully saturated rings. The number of hydrogen-bond acceptors (Lipinski definition) is 4. The molecule has 1 N–H and O–H groups in total. The minimum Gasteiger partial charge on any atom is -0.479 e. The van der Waals surface area contributed by atoms with Gasteiger partial charge in [0.05, 0.1) is 18.1 Å². The number of methoxy groups -OCH3 is 1. The summed E-state index contributed by atoms with van der Waals surface area (Å²) in [5, 5.41) is 2.91. The summed E-state index contributed by atoms with van der Waals surface area (Å²) in [6, 6.07) is 13.2. The second-order valence-electron chi connectivity index (χ2n) is 5.29. The van der Waals surface area contributed by atoms with Gasteiger partial charge in [-0.15, -0.1) is 0 Å². The van der Waals surface area contributed by atoms with Crippen LogP contribution in [0.4, 0.5) is 5.69 Å². The Morgan fingerprint density at radius 2 is 1.57 bits per heavy atom. The minimum absolute atomic E-state index is 0.175. The van der Waals surface area contributed by atoms with Gasteiger partial charge in [0.2, 0.25) is 5.88 Å². The molecule has 1 aromatic heterocycles. The molecule has 3 aromatic rings. The van der Waals surface area contributed by atoms with E-state index in [4.69, 9.17) is 4.74 Å². The highest BCUT2D eigenvalue weighted by Crippen LogP contribution is 2.23. The molecule has 116 valence electrons. The summed E-state index contributed by atoms with van der Waals surface area (Å²) in [4.78, 5) is 21.4. The number of carbonyl (C=O) groups excluding carboxylic acids is 1. The molecule has 0 aliphatic carbocycles. The van der Waals surface area contributed by atoms with E-state index in [1.54, 1.807) is 0 Å². The number of ether oxygens (including phenoxy) is 1. The Morgan fingerprint density at radius 1 is 0.957 bits per heavy atom. The maximum Gasteiger partial charge on any atom is 0.279 e. The highest BCUT2D eigenvalue weighted by molar-refractivity contribution is 6.06. The van der Waals surface area contributed by atoms with Crippen LogP contribution in [0.15, 0.2) is 42.5 Å². The highest BCUT2D eigenvalue weighted by atomic mass is 16.5. The lowest BCUT2D eigenvalue weighted by Crippen LogP contribution is -2.17. The summed E-state index contributed by atoms with van der Waals surface area (Å²) in [5.74, 6) is -0.120. The summed E-state index contributed by atoms with van der Waals surface area (Å²) in [5.41, 5.74) is 4.29. The van der Waals surface area contributed by atoms with Crippen molar-refractivity contribution in [2.45, 2.75) is 13.8 Å². The molecule has 23 heavy (non-hydrogen) atoms. The van der Waals surface area contributed by atoms with Crippen molar-refractivity contribution in [3.05, 3.63) is 59.3 Å². The second-order valence-corrected chi connectivity index (χ2v) is 5.29. The SMILES string of the molecule is COc1nc2ccccc2nc1C(=O)Nc1c(C)cccc1C. The molecule has 0 saturated heterocycles. The van der Waals surface area contributed by atoms with E-state index >= 15 is 0 Å². The van der Waals surface area contributed by atoms with Gasteiger partial charge < -0.3 is 10.1 Å². The molecule has 3 rings (SSSR count). The first-order chi connectivity index (χ1) is 11.1. The zero-order valence-electron chi connectivity index (χ0n) is 13.3. The van der Waals surface area contributed by atoms with Gasteiger partial charge in [-0.2, -0.15) is 0 Å². The number of hydrogen-bond donors (Lipinski definition) is 1. The number of para-hydroxylation sites is 3. The number of fused-ring (bicyclic) bond motifs is 1. The van der Waals surface area contributed by atoms with Crippen LogP contribution in [0.3, 0.4) is 0 Å². The third-order valence-corrected chi connectivity index (χ3v) is 3.67. The van der Waals surface area contributed by atoms with E-state index in [-0.39, 0.29) is 17.5 Å². The Kier molecular flexibility index (Phi) is 3.93. The molecule has 0 unspecified atom stereocenters. The van der Waals surface area contributed by atoms with Crippen LogP contribution in [0, 0.1) is 13.8 Å². The molecule has 0 spiro atoms. The average Bonchev–Trinajstić information content (AvgIpc) is 2.56. The van der Waals surface area contributed by atoms with Crippen LogP contribution in [0.2, 0.25) is 0 Å². The number of aromatic nitrogens is 2. The maximum absolute atomic E-state index is 12.6. The van der Waals surface area contributed by atoms with E-state index in [2.05, 4.69) is 15.3 Å². The highest BCUT2D eigenvalue weighted by Gasteiger charge is 2.18. The normalized spacial score (nSPS) is 10.6. The van der Waals surface area contributed by atoms with Gasteiger partial charge in [-0.05, 0) is 37.1 Å². The number of carbonyl (C=O) groups is 1. The van der Waals surface area contributed by atoms with Gasteiger partial charge in [0.15, 0.2) is 5.69 Å². The van der Waals surface area contributed by atoms with Crippen molar-refractivity contribution in [1.29, 1.82) is 0 Å². The number of anilines is 1. The third-order valence-electron chi connectivity index (χ3n) is 3.67. The van der Waals surface area contributed by atoms with Crippen molar-refractivity contribution in [2.24, 2.45) is 0 Å². The first-order valence-corrected chi connectivity index (χ1v) is 7.28. The van der Waals surface area contributed by atoms with Crippen LogP contribution in [0.5, 0.6) is 5.88 Å². The summed E-state index contributed by atoms with van der Waals surface area (Å²) < 4.78 is 5.24. The molecule has 5 heteroatoms. The lowest BCUT2D eigenvalue weighted by Gasteiger charge is -2.12. The first-order valence-electron chi connectivity index (χ1n) is 7.28. The number of benzene rings is 2. The molecule has 0 radical (unpaired) electrons. The molecule has 0 aliphatic heterocycles. The predicted molar refractivity (Wildman–Crippen MR) is 90.0 cm³/mol. The quantitative estimate of drug-likeness (QED) is 0.804. The van der Waals surface area contributed by atoms with Crippen molar-refractivity contribution in [3.8, 4) is 5.88 Å². The summed E-state index contributed by atoms with van der Waals surface area (Å²) in [7, 11) is 1.48. The van der Waals surface area contributed by atoms with Gasteiger partial charge in [0, 0.05) is 5.69 Å². The zero-order chi connectivity index (χ0) is 16.4. The van der Waals surface area contributed by atoms with Crippen LogP contribution in [0.25, 0.3) is 11.0 Å². The zero-order valence-corrected chi connectivity index (χ0v) is 13.3. The lowest BCUT2D eigenvalue weighted by molar-refractivity contribution is 0.101. The van der Waals surface area contributed by atoms with E-state index in [9.17, 15) is 4.79 Å². The van der Waals surface area contributed by atoms with E-state index in [1.807, 2.05) is 56.3 Å². The third kappa shape index (κ3) is 2.85. The topological polar surface area (TPSA) is 64.1 Å². The summed E-state index contributed by atoms with van der Waals surface area (Å²) in [6.07, 6.45) is 0. The molecule has 0 aliphatic rings. The van der Waals surface area contributed by atoms with E-state index in [0.29, 0.717) is 11.0 Å². The maximum atomic E-state index is 12.6. The Bertz CT molecular complexity index is 870. The first kappa shape index (κ1) is 15.0. The number of nitrogens with zero attached hydrogens (tertiary/aromatic N) is 2. The average molecular weight is 307 g/mol. The van der Waals surface area contributed by atoms with Crippen LogP contribution in [-0.4, -0.2) is 23.0 Å². The van der Waals surface area contributed by atoms with Crippen molar-refractivity contribution in [2.75, 3.05) is 12.4 Å². The molecule has 0 saturated carbocycles. The fourth-order valence-electron chi connectivity index (χ4n) is 2.46. The number of aryl methyl sites for hydroxylation is 2. The molecule has 0 bridgehead atoms. The smallest absolute Gasteiger partial charge is 0.279 e. The minimum atomic E-state index is -0.336. The summed E-state index contributed by atoms with van der Waals surface area (Å²) >= 11 is 0. The van der Waals surface area contributed by atoms with Gasteiger partial charge >= 0.3 is 0 Å². The van der Waals surface area contributed by atoms with Gasteiger partial charge in [-0.25, -0.2) is 9.97 Å². The number of rotatable bonds is 3. The van der Waals surface area contributed by atoms with Crippen LogP contribution < -0.4 is 10.1 Å². The predicted octanol–water partition coefficient (Wildman–Crippen LogP) is 3.51. The van der Waals surface area contributed by atoms with E-state index in [0.717, 1.165) is 16.8 Å². The number of amides is 1. The number of nitrogens with one attached hydrogen (secondary N) is 1. The monoisotopic (exact) mass is 307 g/mol. The van der Waals surface area contributed by atoms with Crippen LogP contribution in [0.1, 0.15) is 21.6 Å². The van der Waals surface area contributed by atoms with Crippen molar-refractivity contribution >= 4 is 22.6 Å². The lowest BCUT2D eigenvalue weighted by atomic mass is 10.1. The molecular formula is C18H17N3O2. The Balaban J connectivity index is 2.03. The molecule has 5 nitrogen and oxygen atoms in total. The molecule has 1 amide bonds. The van der Waals surface area contributed by atoms with E-state index in [1.165, 1.54) is 7.11 Å². The van der Waals surface area contributed by atoms with Gasteiger partial charge in [-0.1, -0.05) is 30.3 Å². The molecular weight excluding hydrogens is 290 g/mol. The van der Waals surface area contributed by atoms with Crippen molar-refractivity contribution in [1.82, 2.24) is 9.97 Å². The fourth-order valence-corrected chi connectivity index (χ4v) is 2.46. The van der Waals surface area contributed by atoms with Crippen LogP contribution >= 0.6 is 0 Å². The largest absolute Gasteiger partial charge is 0.479 e. The molecule has 1 heterocycles. The standard InChI is InChI=1S/C18H17N3O2/c1-11-7-6-8-12(2)15(11)21-17(22)16-18(23-3)20-14-10-5-4-9-13(14)19-16/h4-10H,1-3H3,(H,21,22). The summed E-state index contributed by atoms with van der Waals surface area (Å²) in [6.45, 7) is 3.90. The van der Waals surface area contributed by atoms with Crippen molar-refractivity contribution < 1.29 is 9.53 Å². The van der Waals surface area contributed by atoms with Crippen LogP contribution in [-0.2, 0) is 0 Å². The fraction of sp³-hybridized carbons (Fsp3) is 0.167. The van der Waals surface area contributed by atoms with Gasteiger partial charge in [-0.3, -0.25) is 4.79 Å². The molecule has 0 atom stereocenters. The van der Waals surface area contributed by atoms with E-state index < -0.39 is 0 Å². The Labute approximate surface area is 134 Å². The van der Waals surface area contributed by atoms with Gasteiger partial charge in [0.25, 0.3) is 5.91 Å². The van der Waals surface area contributed by atoms with Gasteiger partial charge in [0.1, 0.15) is 0 Å². The second kappa shape index (κ2) is 6.04. The Morgan fingerprint density at radius 3 is 2.17 bits per heavy atom. The molecule has 2 aromatic carbocycles.